The van der Waals surface area contributed by atoms with Crippen LogP contribution in [0.1, 0.15) is 11.1 Å². The summed E-state index contributed by atoms with van der Waals surface area (Å²) in [5.41, 5.74) is 0.543. The quantitative estimate of drug-likeness (QED) is 0.629. The van der Waals surface area contributed by atoms with E-state index in [2.05, 4.69) is 0 Å². The lowest BCUT2D eigenvalue weighted by Gasteiger charge is -2.04. The minimum Gasteiger partial charge on any atom is -0.207 e. The largest absolute Gasteiger partial charge is 0.207 e. The second-order valence-corrected chi connectivity index (χ2v) is 2.97. The van der Waals surface area contributed by atoms with Crippen LogP contribution >= 0.6 is 11.6 Å². The molecule has 0 fully saturated rings. The average Bonchev–Trinajstić information content (AvgIpc) is 2.06. The van der Waals surface area contributed by atoms with Crippen LogP contribution in [0, 0.1) is 18.6 Å². The van der Waals surface area contributed by atoms with Crippen LogP contribution in [-0.4, -0.2) is 5.88 Å². The average molecular weight is 191 g/mol. The first-order valence-electron chi connectivity index (χ1n) is 3.66. The van der Waals surface area contributed by atoms with E-state index in [1.807, 2.05) is 0 Å². The summed E-state index contributed by atoms with van der Waals surface area (Å²) in [7, 11) is 0. The molecule has 0 aliphatic heterocycles. The van der Waals surface area contributed by atoms with Crippen LogP contribution in [0.5, 0.6) is 0 Å². The van der Waals surface area contributed by atoms with E-state index in [4.69, 9.17) is 11.6 Å². The molecule has 0 unspecified atom stereocenters. The Bertz CT molecular complexity index is 284. The van der Waals surface area contributed by atoms with Crippen molar-refractivity contribution < 1.29 is 8.78 Å². The summed E-state index contributed by atoms with van der Waals surface area (Å²) >= 11 is 5.40. The van der Waals surface area contributed by atoms with Gasteiger partial charge in [0.15, 0.2) is 0 Å². The van der Waals surface area contributed by atoms with Gasteiger partial charge < -0.3 is 0 Å². The molecule has 0 amide bonds. The Morgan fingerprint density at radius 3 is 2.58 bits per heavy atom. The number of halogens is 3. The summed E-state index contributed by atoms with van der Waals surface area (Å²) < 4.78 is 26.1. The zero-order chi connectivity index (χ0) is 9.14. The molecule has 0 N–H and O–H groups in total. The van der Waals surface area contributed by atoms with Crippen LogP contribution in [0.25, 0.3) is 0 Å². The Hall–Kier alpha value is -0.630. The van der Waals surface area contributed by atoms with Crippen molar-refractivity contribution in [2.45, 2.75) is 13.3 Å². The highest BCUT2D eigenvalue weighted by atomic mass is 35.5. The molecule has 1 aromatic carbocycles. The van der Waals surface area contributed by atoms with Gasteiger partial charge in [-0.15, -0.1) is 11.6 Å². The Balaban J connectivity index is 3.14. The predicted octanol–water partition coefficient (Wildman–Crippen LogP) is 3.05. The molecule has 0 radical (unpaired) electrons. The van der Waals surface area contributed by atoms with Gasteiger partial charge in [-0.25, -0.2) is 8.78 Å². The van der Waals surface area contributed by atoms with Gasteiger partial charge in [-0.2, -0.15) is 0 Å². The second-order valence-electron chi connectivity index (χ2n) is 2.60. The van der Waals surface area contributed by atoms with Crippen molar-refractivity contribution in [2.75, 3.05) is 5.88 Å². The first-order valence-corrected chi connectivity index (χ1v) is 4.19. The number of hydrogen-bond acceptors (Lipinski definition) is 0. The third kappa shape index (κ3) is 1.75. The lowest BCUT2D eigenvalue weighted by Crippen LogP contribution is -1.98. The summed E-state index contributed by atoms with van der Waals surface area (Å²) in [5, 5.41) is 0. The Kier molecular flexibility index (Phi) is 3.04. The van der Waals surface area contributed by atoms with Crippen LogP contribution in [0.4, 0.5) is 8.78 Å². The van der Waals surface area contributed by atoms with Crippen molar-refractivity contribution in [3.63, 3.8) is 0 Å². The fourth-order valence-electron chi connectivity index (χ4n) is 1.04. The van der Waals surface area contributed by atoms with E-state index in [-0.39, 0.29) is 17.9 Å². The molecule has 0 bridgehead atoms. The highest BCUT2D eigenvalue weighted by Gasteiger charge is 2.09. The molecule has 0 atom stereocenters. The lowest BCUT2D eigenvalue weighted by molar-refractivity contribution is 0.554. The van der Waals surface area contributed by atoms with Crippen LogP contribution in [0.2, 0.25) is 0 Å². The van der Waals surface area contributed by atoms with Gasteiger partial charge in [0, 0.05) is 11.4 Å². The zero-order valence-electron chi connectivity index (χ0n) is 6.70. The summed E-state index contributed by atoms with van der Waals surface area (Å²) in [6, 6.07) is 2.68. The van der Waals surface area contributed by atoms with Crippen LogP contribution < -0.4 is 0 Å². The van der Waals surface area contributed by atoms with Crippen LogP contribution in [0.15, 0.2) is 12.1 Å². The first kappa shape index (κ1) is 9.46. The standard InChI is InChI=1S/C9H9ClF2/c1-6-2-3-8(11)7(4-5-10)9(6)12/h2-3H,4-5H2,1H3. The summed E-state index contributed by atoms with van der Waals surface area (Å²) in [6.45, 7) is 1.60. The molecule has 0 saturated carbocycles. The van der Waals surface area contributed by atoms with Crippen molar-refractivity contribution in [2.24, 2.45) is 0 Å². The zero-order valence-corrected chi connectivity index (χ0v) is 7.46. The summed E-state index contributed by atoms with van der Waals surface area (Å²) in [4.78, 5) is 0. The van der Waals surface area contributed by atoms with E-state index < -0.39 is 11.6 Å². The lowest BCUT2D eigenvalue weighted by atomic mass is 10.1. The van der Waals surface area contributed by atoms with Crippen molar-refractivity contribution in [1.82, 2.24) is 0 Å². The SMILES string of the molecule is Cc1ccc(F)c(CCCl)c1F. The van der Waals surface area contributed by atoms with Crippen LogP contribution in [0.3, 0.4) is 0 Å². The maximum Gasteiger partial charge on any atom is 0.132 e. The van der Waals surface area contributed by atoms with Gasteiger partial charge in [0.2, 0.25) is 0 Å². The minimum atomic E-state index is -0.515. The Morgan fingerprint density at radius 1 is 1.33 bits per heavy atom. The van der Waals surface area contributed by atoms with E-state index in [0.717, 1.165) is 0 Å². The van der Waals surface area contributed by atoms with Crippen molar-refractivity contribution >= 4 is 11.6 Å². The molecule has 0 aliphatic rings. The fourth-order valence-corrected chi connectivity index (χ4v) is 1.23. The maximum absolute atomic E-state index is 13.2. The smallest absolute Gasteiger partial charge is 0.132 e. The van der Waals surface area contributed by atoms with E-state index in [1.165, 1.54) is 12.1 Å². The van der Waals surface area contributed by atoms with Crippen molar-refractivity contribution in [3.8, 4) is 0 Å². The molecule has 12 heavy (non-hydrogen) atoms. The van der Waals surface area contributed by atoms with E-state index in [0.29, 0.717) is 5.56 Å². The molecule has 0 nitrogen and oxygen atoms in total. The van der Waals surface area contributed by atoms with Gasteiger partial charge >= 0.3 is 0 Å². The molecular formula is C9H9ClF2. The molecular weight excluding hydrogens is 182 g/mol. The molecule has 0 aliphatic carbocycles. The normalized spacial score (nSPS) is 10.3. The first-order chi connectivity index (χ1) is 5.66. The van der Waals surface area contributed by atoms with Gasteiger partial charge in [-0.3, -0.25) is 0 Å². The molecule has 0 saturated heterocycles. The van der Waals surface area contributed by atoms with E-state index in [1.54, 1.807) is 6.92 Å². The minimum absolute atomic E-state index is 0.0880. The number of hydrogen-bond donors (Lipinski definition) is 0. The molecule has 0 heterocycles. The Labute approximate surface area is 75.2 Å². The molecule has 3 heteroatoms. The molecule has 66 valence electrons. The highest BCUT2D eigenvalue weighted by molar-refractivity contribution is 6.17. The topological polar surface area (TPSA) is 0 Å². The number of alkyl halides is 1. The summed E-state index contributed by atoms with van der Waals surface area (Å²) in [5.74, 6) is -0.758. The van der Waals surface area contributed by atoms with Gasteiger partial charge in [-0.1, -0.05) is 6.07 Å². The number of aryl methyl sites for hydroxylation is 1. The van der Waals surface area contributed by atoms with Gasteiger partial charge in [0.05, 0.1) is 0 Å². The second kappa shape index (κ2) is 3.85. The van der Waals surface area contributed by atoms with E-state index in [9.17, 15) is 8.78 Å². The van der Waals surface area contributed by atoms with Crippen molar-refractivity contribution in [1.29, 1.82) is 0 Å². The van der Waals surface area contributed by atoms with Crippen LogP contribution in [-0.2, 0) is 6.42 Å². The number of rotatable bonds is 2. The third-order valence-electron chi connectivity index (χ3n) is 1.72. The highest BCUT2D eigenvalue weighted by Crippen LogP contribution is 2.16. The fraction of sp³-hybridized carbons (Fsp3) is 0.333. The molecule has 0 spiro atoms. The van der Waals surface area contributed by atoms with Gasteiger partial charge in [-0.05, 0) is 25.0 Å². The summed E-state index contributed by atoms with van der Waals surface area (Å²) in [6.07, 6.45) is 0.237. The molecule has 0 aromatic heterocycles. The van der Waals surface area contributed by atoms with Gasteiger partial charge in [0.25, 0.3) is 0 Å². The third-order valence-corrected chi connectivity index (χ3v) is 1.91. The molecule has 1 rings (SSSR count). The van der Waals surface area contributed by atoms with Gasteiger partial charge in [0.1, 0.15) is 11.6 Å². The Morgan fingerprint density at radius 2 is 2.00 bits per heavy atom. The predicted molar refractivity (Wildman–Crippen MR) is 45.5 cm³/mol. The van der Waals surface area contributed by atoms with E-state index >= 15 is 0 Å². The maximum atomic E-state index is 13.2. The monoisotopic (exact) mass is 190 g/mol. The number of benzene rings is 1. The van der Waals surface area contributed by atoms with Crippen molar-refractivity contribution in [3.05, 3.63) is 34.9 Å². The molecule has 1 aromatic rings.